The molecule has 1 aromatic carbocycles. The van der Waals surface area contributed by atoms with Gasteiger partial charge in [-0.2, -0.15) is 0 Å². The van der Waals surface area contributed by atoms with Crippen molar-refractivity contribution in [2.75, 3.05) is 26.3 Å². The molecule has 0 bridgehead atoms. The number of aryl methyl sites for hydroxylation is 1. The van der Waals surface area contributed by atoms with E-state index < -0.39 is 5.60 Å². The number of benzene rings is 1. The monoisotopic (exact) mass is 437 g/mol. The van der Waals surface area contributed by atoms with E-state index in [9.17, 15) is 9.50 Å². The average Bonchev–Trinajstić information content (AvgIpc) is 3.18. The summed E-state index contributed by atoms with van der Waals surface area (Å²) < 4.78 is 19.9. The molecule has 5 rings (SSSR count). The van der Waals surface area contributed by atoms with Gasteiger partial charge in [0.05, 0.1) is 11.0 Å². The summed E-state index contributed by atoms with van der Waals surface area (Å²) in [5.41, 5.74) is 3.41. The van der Waals surface area contributed by atoms with Crippen LogP contribution in [-0.2, 0) is 10.3 Å². The normalized spacial score (nSPS) is 27.8. The summed E-state index contributed by atoms with van der Waals surface area (Å²) in [6.07, 6.45) is 5.19. The Morgan fingerprint density at radius 1 is 1.16 bits per heavy atom. The maximum atomic E-state index is 14.4. The highest BCUT2D eigenvalue weighted by Crippen LogP contribution is 2.44. The van der Waals surface area contributed by atoms with Gasteiger partial charge in [-0.05, 0) is 48.1 Å². The SMILES string of the molecule is Cc1cc(-c2ccnc3[nH]cc(F)c23)ccc1C1(O)[C@H](C)CN(C2CCOCC2)C[C@@H]1C. The van der Waals surface area contributed by atoms with E-state index in [2.05, 4.69) is 34.8 Å². The topological polar surface area (TPSA) is 61.4 Å². The molecule has 1 unspecified atom stereocenters. The molecule has 0 saturated carbocycles. The fourth-order valence-electron chi connectivity index (χ4n) is 5.96. The highest BCUT2D eigenvalue weighted by atomic mass is 19.1. The van der Waals surface area contributed by atoms with Crippen molar-refractivity contribution >= 4 is 11.0 Å². The second-order valence-electron chi connectivity index (χ2n) is 9.67. The molecule has 0 radical (unpaired) electrons. The van der Waals surface area contributed by atoms with Crippen LogP contribution in [0.5, 0.6) is 0 Å². The lowest BCUT2D eigenvalue weighted by molar-refractivity contribution is -0.126. The zero-order chi connectivity index (χ0) is 22.5. The van der Waals surface area contributed by atoms with E-state index >= 15 is 0 Å². The van der Waals surface area contributed by atoms with Gasteiger partial charge in [0.25, 0.3) is 0 Å². The van der Waals surface area contributed by atoms with Crippen molar-refractivity contribution in [3.8, 4) is 11.1 Å². The molecule has 6 heteroatoms. The molecule has 2 fully saturated rings. The molecule has 0 aliphatic carbocycles. The summed E-state index contributed by atoms with van der Waals surface area (Å²) in [5.74, 6) is -0.0898. The minimum atomic E-state index is -0.892. The summed E-state index contributed by atoms with van der Waals surface area (Å²) in [4.78, 5) is 9.67. The van der Waals surface area contributed by atoms with E-state index in [4.69, 9.17) is 4.74 Å². The first-order valence-corrected chi connectivity index (χ1v) is 11.7. The first-order chi connectivity index (χ1) is 15.4. The number of nitrogens with one attached hydrogen (secondary N) is 1. The quantitative estimate of drug-likeness (QED) is 0.627. The molecule has 3 aromatic rings. The first-order valence-electron chi connectivity index (χ1n) is 11.7. The number of piperidine rings is 1. The number of ether oxygens (including phenoxy) is 1. The Kier molecular flexibility index (Phi) is 5.56. The number of pyridine rings is 1. The fraction of sp³-hybridized carbons (Fsp3) is 0.500. The third kappa shape index (κ3) is 3.45. The highest BCUT2D eigenvalue weighted by molar-refractivity contribution is 5.93. The Labute approximate surface area is 188 Å². The number of fused-ring (bicyclic) bond motifs is 1. The zero-order valence-corrected chi connectivity index (χ0v) is 19.1. The maximum absolute atomic E-state index is 14.4. The van der Waals surface area contributed by atoms with Crippen molar-refractivity contribution in [1.82, 2.24) is 14.9 Å². The molecule has 2 saturated heterocycles. The molecule has 0 amide bonds. The number of aliphatic hydroxyl groups is 1. The van der Waals surface area contributed by atoms with Gasteiger partial charge in [-0.1, -0.05) is 32.0 Å². The number of likely N-dealkylation sites (tertiary alicyclic amines) is 1. The Morgan fingerprint density at radius 2 is 1.88 bits per heavy atom. The van der Waals surface area contributed by atoms with Crippen LogP contribution in [0, 0.1) is 24.6 Å². The third-order valence-electron chi connectivity index (χ3n) is 7.72. The van der Waals surface area contributed by atoms with Crippen LogP contribution in [0.4, 0.5) is 4.39 Å². The molecule has 3 atom stereocenters. The lowest BCUT2D eigenvalue weighted by Crippen LogP contribution is -2.57. The van der Waals surface area contributed by atoms with Gasteiger partial charge in [0.2, 0.25) is 0 Å². The Morgan fingerprint density at radius 3 is 2.56 bits per heavy atom. The number of aromatic amines is 1. The Hall–Kier alpha value is -2.28. The molecule has 4 heterocycles. The molecule has 2 N–H and O–H groups in total. The predicted molar refractivity (Wildman–Crippen MR) is 124 cm³/mol. The number of halogens is 1. The third-order valence-corrected chi connectivity index (χ3v) is 7.72. The smallest absolute Gasteiger partial charge is 0.150 e. The number of H-pyrrole nitrogens is 1. The van der Waals surface area contributed by atoms with E-state index in [-0.39, 0.29) is 17.7 Å². The van der Waals surface area contributed by atoms with Crippen LogP contribution in [-0.4, -0.2) is 52.3 Å². The molecule has 2 aliphatic heterocycles. The van der Waals surface area contributed by atoms with E-state index in [0.29, 0.717) is 17.1 Å². The molecule has 2 aliphatic rings. The summed E-state index contributed by atoms with van der Waals surface area (Å²) in [6, 6.07) is 8.51. The molecule has 170 valence electrons. The zero-order valence-electron chi connectivity index (χ0n) is 19.1. The van der Waals surface area contributed by atoms with Gasteiger partial charge >= 0.3 is 0 Å². The van der Waals surface area contributed by atoms with Crippen LogP contribution in [0.2, 0.25) is 0 Å². The summed E-state index contributed by atoms with van der Waals surface area (Å²) in [7, 11) is 0. The highest BCUT2D eigenvalue weighted by Gasteiger charge is 2.47. The average molecular weight is 438 g/mol. The molecular weight excluding hydrogens is 405 g/mol. The van der Waals surface area contributed by atoms with Crippen molar-refractivity contribution < 1.29 is 14.2 Å². The van der Waals surface area contributed by atoms with E-state index in [0.717, 1.165) is 61.4 Å². The maximum Gasteiger partial charge on any atom is 0.150 e. The van der Waals surface area contributed by atoms with Crippen molar-refractivity contribution in [1.29, 1.82) is 0 Å². The van der Waals surface area contributed by atoms with Crippen molar-refractivity contribution in [3.05, 3.63) is 53.6 Å². The number of hydrogen-bond acceptors (Lipinski definition) is 4. The van der Waals surface area contributed by atoms with E-state index in [1.807, 2.05) is 25.1 Å². The second-order valence-corrected chi connectivity index (χ2v) is 9.67. The standard InChI is InChI=1S/C26H32FN3O2/c1-16-12-19(21-6-9-28-25-24(21)23(27)13-29-25)4-5-22(16)26(31)17(2)14-30(15-18(26)3)20-7-10-32-11-8-20/h4-6,9,12-13,17-18,20,31H,7-8,10-11,14-15H2,1-3H3,(H,28,29)/t17-,18+,26?. The fourth-order valence-corrected chi connectivity index (χ4v) is 5.96. The minimum Gasteiger partial charge on any atom is -0.384 e. The largest absolute Gasteiger partial charge is 0.384 e. The predicted octanol–water partition coefficient (Wildman–Crippen LogP) is 4.63. The summed E-state index contributed by atoms with van der Waals surface area (Å²) in [6.45, 7) is 9.80. The minimum absolute atomic E-state index is 0.105. The molecule has 2 aromatic heterocycles. The van der Waals surface area contributed by atoms with Crippen molar-refractivity contribution in [2.45, 2.75) is 45.3 Å². The van der Waals surface area contributed by atoms with E-state index in [1.165, 1.54) is 6.20 Å². The lowest BCUT2D eigenvalue weighted by Gasteiger charge is -2.51. The van der Waals surface area contributed by atoms with Gasteiger partial charge in [-0.15, -0.1) is 0 Å². The Bertz CT molecular complexity index is 1110. The van der Waals surface area contributed by atoms with Gasteiger partial charge in [-0.25, -0.2) is 9.37 Å². The molecule has 32 heavy (non-hydrogen) atoms. The van der Waals surface area contributed by atoms with E-state index in [1.54, 1.807) is 6.20 Å². The van der Waals surface area contributed by atoms with Gasteiger partial charge in [0.15, 0.2) is 5.82 Å². The summed E-state index contributed by atoms with van der Waals surface area (Å²) >= 11 is 0. The number of rotatable bonds is 3. The van der Waals surface area contributed by atoms with Crippen molar-refractivity contribution in [2.24, 2.45) is 11.8 Å². The van der Waals surface area contributed by atoms with Crippen molar-refractivity contribution in [3.63, 3.8) is 0 Å². The number of aromatic nitrogens is 2. The number of nitrogens with zero attached hydrogens (tertiary/aromatic N) is 2. The van der Waals surface area contributed by atoms with Gasteiger partial charge in [0.1, 0.15) is 5.65 Å². The summed E-state index contributed by atoms with van der Waals surface area (Å²) in [5, 5.41) is 12.5. The van der Waals surface area contributed by atoms with Gasteiger partial charge in [0, 0.05) is 56.6 Å². The number of hydrogen-bond donors (Lipinski definition) is 2. The molecule has 5 nitrogen and oxygen atoms in total. The molecule has 0 spiro atoms. The van der Waals surface area contributed by atoms with Crippen LogP contribution < -0.4 is 0 Å². The first kappa shape index (κ1) is 21.6. The lowest BCUT2D eigenvalue weighted by atomic mass is 9.69. The van der Waals surface area contributed by atoms with Crippen LogP contribution in [0.25, 0.3) is 22.2 Å². The second kappa shape index (κ2) is 8.25. The van der Waals surface area contributed by atoms with Gasteiger partial charge < -0.3 is 14.8 Å². The molecular formula is C26H32FN3O2. The Balaban J connectivity index is 1.46. The van der Waals surface area contributed by atoms with Crippen LogP contribution in [0.3, 0.4) is 0 Å². The van der Waals surface area contributed by atoms with Crippen LogP contribution in [0.1, 0.15) is 37.8 Å². The van der Waals surface area contributed by atoms with Gasteiger partial charge in [-0.3, -0.25) is 4.90 Å². The van der Waals surface area contributed by atoms with Crippen LogP contribution in [0.15, 0.2) is 36.7 Å². The van der Waals surface area contributed by atoms with Crippen LogP contribution >= 0.6 is 0 Å².